The Bertz CT molecular complexity index is 473. The highest BCUT2D eigenvalue weighted by Crippen LogP contribution is 2.56. The van der Waals surface area contributed by atoms with Gasteiger partial charge in [0.25, 0.3) is 0 Å². The van der Waals surface area contributed by atoms with Crippen LogP contribution in [0.1, 0.15) is 52.4 Å². The lowest BCUT2D eigenvalue weighted by Gasteiger charge is -2.50. The van der Waals surface area contributed by atoms with Crippen LogP contribution in [0.2, 0.25) is 0 Å². The van der Waals surface area contributed by atoms with Gasteiger partial charge in [0.15, 0.2) is 0 Å². The zero-order valence-electron chi connectivity index (χ0n) is 14.5. The lowest BCUT2D eigenvalue weighted by Crippen LogP contribution is -2.46. The summed E-state index contributed by atoms with van der Waals surface area (Å²) in [6, 6.07) is 0.0698. The first-order valence-corrected chi connectivity index (χ1v) is 9.21. The molecule has 0 aromatic heterocycles. The summed E-state index contributed by atoms with van der Waals surface area (Å²) in [5, 5.41) is 12.7. The molecule has 0 aromatic carbocycles. The Morgan fingerprint density at radius 3 is 3.00 bits per heavy atom. The van der Waals surface area contributed by atoms with E-state index >= 15 is 0 Å². The highest BCUT2D eigenvalue weighted by Gasteiger charge is 2.54. The van der Waals surface area contributed by atoms with Crippen LogP contribution < -0.4 is 5.32 Å². The molecule has 2 saturated carbocycles. The normalized spacial score (nSPS) is 41.2. The number of carbonyl (C=O) groups excluding carboxylic acids is 1. The zero-order chi connectivity index (χ0) is 16.6. The SMILES string of the molecule is C=C1CCC[C@]2(C)C[C@H]3OC(=O)[C@H](CN[C@@H](CC)CO)[C@H]3C[C@@H]12. The fourth-order valence-electron chi connectivity index (χ4n) is 5.12. The van der Waals surface area contributed by atoms with Crippen LogP contribution in [0.5, 0.6) is 0 Å². The minimum absolute atomic E-state index is 0.0480. The van der Waals surface area contributed by atoms with Crippen molar-refractivity contribution in [3.05, 3.63) is 12.2 Å². The topological polar surface area (TPSA) is 58.6 Å². The van der Waals surface area contributed by atoms with Crippen LogP contribution in [0.4, 0.5) is 0 Å². The molecule has 2 N–H and O–H groups in total. The maximum Gasteiger partial charge on any atom is 0.310 e. The summed E-state index contributed by atoms with van der Waals surface area (Å²) >= 11 is 0. The number of ether oxygens (including phenoxy) is 1. The molecule has 0 unspecified atom stereocenters. The molecule has 4 nitrogen and oxygen atoms in total. The molecule has 23 heavy (non-hydrogen) atoms. The number of rotatable bonds is 5. The van der Waals surface area contributed by atoms with E-state index in [1.54, 1.807) is 0 Å². The summed E-state index contributed by atoms with van der Waals surface area (Å²) < 4.78 is 5.76. The third kappa shape index (κ3) is 3.08. The van der Waals surface area contributed by atoms with Crippen LogP contribution in [0.15, 0.2) is 12.2 Å². The van der Waals surface area contributed by atoms with Gasteiger partial charge in [-0.15, -0.1) is 0 Å². The predicted octanol–water partition coefficient (Wildman–Crippen LogP) is 2.66. The molecule has 4 heteroatoms. The average molecular weight is 321 g/mol. The Labute approximate surface area is 139 Å². The fourth-order valence-corrected chi connectivity index (χ4v) is 5.12. The highest BCUT2D eigenvalue weighted by atomic mass is 16.6. The van der Waals surface area contributed by atoms with E-state index in [1.165, 1.54) is 18.4 Å². The minimum Gasteiger partial charge on any atom is -0.462 e. The van der Waals surface area contributed by atoms with Crippen LogP contribution in [0, 0.1) is 23.2 Å². The number of esters is 1. The second kappa shape index (κ2) is 6.56. The van der Waals surface area contributed by atoms with Gasteiger partial charge in [-0.25, -0.2) is 0 Å². The maximum absolute atomic E-state index is 12.4. The number of aliphatic hydroxyl groups excluding tert-OH is 1. The molecule has 6 atom stereocenters. The quantitative estimate of drug-likeness (QED) is 0.604. The van der Waals surface area contributed by atoms with Crippen molar-refractivity contribution in [1.82, 2.24) is 5.32 Å². The van der Waals surface area contributed by atoms with Gasteiger partial charge in [0.05, 0.1) is 12.5 Å². The van der Waals surface area contributed by atoms with E-state index in [-0.39, 0.29) is 36.1 Å². The van der Waals surface area contributed by atoms with Gasteiger partial charge in [-0.3, -0.25) is 4.79 Å². The lowest BCUT2D eigenvalue weighted by molar-refractivity contribution is -0.146. The molecule has 0 radical (unpaired) electrons. The van der Waals surface area contributed by atoms with Crippen molar-refractivity contribution in [2.24, 2.45) is 23.2 Å². The number of hydrogen-bond acceptors (Lipinski definition) is 4. The van der Waals surface area contributed by atoms with Crippen molar-refractivity contribution >= 4 is 5.97 Å². The molecular formula is C19H31NO3. The number of allylic oxidation sites excluding steroid dienone is 1. The van der Waals surface area contributed by atoms with Gasteiger partial charge in [0.2, 0.25) is 0 Å². The Morgan fingerprint density at radius 2 is 2.30 bits per heavy atom. The van der Waals surface area contributed by atoms with Crippen molar-refractivity contribution in [2.75, 3.05) is 13.2 Å². The standard InChI is InChI=1S/C19H31NO3/c1-4-13(11-21)20-10-15-14-8-16-12(2)6-5-7-19(16,3)9-17(14)23-18(15)22/h13-17,20-21H,2,4-11H2,1,3H3/t13-,14+,15+,16-,17+,19+/m0/s1. The number of nitrogens with one attached hydrogen (secondary N) is 1. The molecule has 3 rings (SSSR count). The van der Waals surface area contributed by atoms with E-state index in [1.807, 2.05) is 6.92 Å². The second-order valence-electron chi connectivity index (χ2n) is 8.10. The Balaban J connectivity index is 1.71. The van der Waals surface area contributed by atoms with Crippen LogP contribution in [0.3, 0.4) is 0 Å². The fraction of sp³-hybridized carbons (Fsp3) is 0.842. The van der Waals surface area contributed by atoms with Crippen molar-refractivity contribution in [3.8, 4) is 0 Å². The number of fused-ring (bicyclic) bond motifs is 2. The summed E-state index contributed by atoms with van der Waals surface area (Å²) in [7, 11) is 0. The first kappa shape index (κ1) is 17.0. The molecule has 0 spiro atoms. The molecule has 130 valence electrons. The summed E-state index contributed by atoms with van der Waals surface area (Å²) in [6.45, 7) is 9.46. The van der Waals surface area contributed by atoms with E-state index in [4.69, 9.17) is 4.74 Å². The van der Waals surface area contributed by atoms with Crippen LogP contribution in [0.25, 0.3) is 0 Å². The molecule has 1 saturated heterocycles. The molecule has 0 amide bonds. The molecule has 3 aliphatic rings. The molecule has 1 aliphatic heterocycles. The average Bonchev–Trinajstić information content (AvgIpc) is 2.81. The molecule has 2 aliphatic carbocycles. The smallest absolute Gasteiger partial charge is 0.310 e. The summed E-state index contributed by atoms with van der Waals surface area (Å²) in [6.07, 6.45) is 6.55. The Kier molecular flexibility index (Phi) is 4.84. The third-order valence-corrected chi connectivity index (χ3v) is 6.66. The van der Waals surface area contributed by atoms with Gasteiger partial charge in [0, 0.05) is 18.5 Å². The van der Waals surface area contributed by atoms with E-state index < -0.39 is 0 Å². The van der Waals surface area contributed by atoms with E-state index in [2.05, 4.69) is 18.8 Å². The minimum atomic E-state index is -0.0696. The second-order valence-corrected chi connectivity index (χ2v) is 8.10. The van der Waals surface area contributed by atoms with Gasteiger partial charge < -0.3 is 15.2 Å². The summed E-state index contributed by atoms with van der Waals surface area (Å²) in [5.41, 5.74) is 1.64. The first-order valence-electron chi connectivity index (χ1n) is 9.21. The van der Waals surface area contributed by atoms with Crippen LogP contribution in [-0.2, 0) is 9.53 Å². The van der Waals surface area contributed by atoms with Crippen molar-refractivity contribution in [1.29, 1.82) is 0 Å². The van der Waals surface area contributed by atoms with Gasteiger partial charge in [-0.1, -0.05) is 26.0 Å². The lowest BCUT2D eigenvalue weighted by atomic mass is 9.55. The monoisotopic (exact) mass is 321 g/mol. The van der Waals surface area contributed by atoms with E-state index in [0.717, 1.165) is 25.7 Å². The number of hydrogen-bond donors (Lipinski definition) is 2. The van der Waals surface area contributed by atoms with Crippen molar-refractivity contribution in [3.63, 3.8) is 0 Å². The van der Waals surface area contributed by atoms with Gasteiger partial charge in [0.1, 0.15) is 6.10 Å². The Hall–Kier alpha value is -0.870. The molecular weight excluding hydrogens is 290 g/mol. The van der Waals surface area contributed by atoms with Gasteiger partial charge in [-0.2, -0.15) is 0 Å². The largest absolute Gasteiger partial charge is 0.462 e. The van der Waals surface area contributed by atoms with E-state index in [0.29, 0.717) is 18.4 Å². The van der Waals surface area contributed by atoms with E-state index in [9.17, 15) is 9.90 Å². The zero-order valence-corrected chi connectivity index (χ0v) is 14.5. The van der Waals surface area contributed by atoms with Crippen LogP contribution in [-0.4, -0.2) is 36.4 Å². The summed E-state index contributed by atoms with van der Waals surface area (Å²) in [5.74, 6) is 0.724. The first-order chi connectivity index (χ1) is 11.0. The van der Waals surface area contributed by atoms with Crippen molar-refractivity contribution < 1.29 is 14.6 Å². The van der Waals surface area contributed by atoms with Gasteiger partial charge in [-0.05, 0) is 49.9 Å². The molecule has 0 aromatic rings. The van der Waals surface area contributed by atoms with Gasteiger partial charge >= 0.3 is 5.97 Å². The highest BCUT2D eigenvalue weighted by molar-refractivity contribution is 5.75. The number of carbonyl (C=O) groups is 1. The van der Waals surface area contributed by atoms with Crippen LogP contribution >= 0.6 is 0 Å². The third-order valence-electron chi connectivity index (χ3n) is 6.66. The maximum atomic E-state index is 12.4. The number of aliphatic hydroxyl groups is 1. The van der Waals surface area contributed by atoms with Crippen molar-refractivity contribution in [2.45, 2.75) is 64.5 Å². The Morgan fingerprint density at radius 1 is 1.52 bits per heavy atom. The summed E-state index contributed by atoms with van der Waals surface area (Å²) in [4.78, 5) is 12.4. The molecule has 0 bridgehead atoms. The molecule has 3 fully saturated rings. The predicted molar refractivity (Wildman–Crippen MR) is 89.8 cm³/mol. The molecule has 1 heterocycles.